The maximum absolute atomic E-state index is 12.9. The van der Waals surface area contributed by atoms with E-state index >= 15 is 0 Å². The molecular formula is C26H31N3O5. The molecule has 0 aliphatic carbocycles. The van der Waals surface area contributed by atoms with Crippen LogP contribution in [0.25, 0.3) is 0 Å². The van der Waals surface area contributed by atoms with Crippen LogP contribution in [0.5, 0.6) is 0 Å². The number of benzene rings is 2. The number of allylic oxidation sites excluding steroid dienone is 1. The number of rotatable bonds is 10. The van der Waals surface area contributed by atoms with Crippen molar-refractivity contribution in [2.75, 3.05) is 32.2 Å². The Balaban J connectivity index is 1.79. The molecule has 34 heavy (non-hydrogen) atoms. The number of anilines is 1. The van der Waals surface area contributed by atoms with Crippen LogP contribution in [0.4, 0.5) is 10.5 Å². The van der Waals surface area contributed by atoms with Gasteiger partial charge in [0.05, 0.1) is 24.6 Å². The molecule has 2 aromatic rings. The standard InChI is InChI=1S/C26H31N3O5/c1-4-14-29-18(2)23(25(31)34-16-15-33-3)24(28-26(29)32)20-10-12-21(13-11-20)27-22(30)17-19-8-6-5-7-9-19/h5-13,24H,4,14-17H2,1-3H3,(H,27,30)(H,28,32). The van der Waals surface area contributed by atoms with Gasteiger partial charge in [-0.15, -0.1) is 0 Å². The Bertz CT molecular complexity index is 1030. The lowest BCUT2D eigenvalue weighted by Crippen LogP contribution is -2.48. The largest absolute Gasteiger partial charge is 0.460 e. The second kappa shape index (κ2) is 12.0. The van der Waals surface area contributed by atoms with E-state index in [1.54, 1.807) is 36.1 Å². The second-order valence-corrected chi connectivity index (χ2v) is 7.99. The van der Waals surface area contributed by atoms with Crippen molar-refractivity contribution in [3.63, 3.8) is 0 Å². The third-order valence-electron chi connectivity index (χ3n) is 5.52. The Morgan fingerprint density at radius 1 is 1.06 bits per heavy atom. The molecule has 1 aliphatic rings. The van der Waals surface area contributed by atoms with Crippen LogP contribution in [0, 0.1) is 0 Å². The van der Waals surface area contributed by atoms with Gasteiger partial charge in [0, 0.05) is 25.0 Å². The molecule has 0 radical (unpaired) electrons. The Morgan fingerprint density at radius 2 is 1.76 bits per heavy atom. The van der Waals surface area contributed by atoms with Crippen molar-refractivity contribution in [1.82, 2.24) is 10.2 Å². The molecule has 3 rings (SSSR count). The number of nitrogens with zero attached hydrogens (tertiary/aromatic N) is 1. The smallest absolute Gasteiger partial charge is 0.338 e. The zero-order chi connectivity index (χ0) is 24.5. The number of methoxy groups -OCH3 is 1. The predicted octanol–water partition coefficient (Wildman–Crippen LogP) is 3.81. The number of carbonyl (C=O) groups is 3. The number of urea groups is 1. The van der Waals surface area contributed by atoms with E-state index in [1.807, 2.05) is 37.3 Å². The zero-order valence-electron chi connectivity index (χ0n) is 19.8. The van der Waals surface area contributed by atoms with Crippen LogP contribution in [0.1, 0.15) is 37.4 Å². The summed E-state index contributed by atoms with van der Waals surface area (Å²) in [5.74, 6) is -0.626. The topological polar surface area (TPSA) is 97.0 Å². The van der Waals surface area contributed by atoms with Crippen LogP contribution in [0.15, 0.2) is 65.9 Å². The van der Waals surface area contributed by atoms with Gasteiger partial charge < -0.3 is 20.1 Å². The van der Waals surface area contributed by atoms with Gasteiger partial charge in [-0.05, 0) is 36.6 Å². The molecule has 0 saturated carbocycles. The molecule has 0 fully saturated rings. The van der Waals surface area contributed by atoms with Crippen LogP contribution < -0.4 is 10.6 Å². The van der Waals surface area contributed by atoms with Gasteiger partial charge in [0.25, 0.3) is 0 Å². The van der Waals surface area contributed by atoms with E-state index in [1.165, 1.54) is 7.11 Å². The van der Waals surface area contributed by atoms with Gasteiger partial charge >= 0.3 is 12.0 Å². The number of carbonyl (C=O) groups excluding carboxylic acids is 3. The van der Waals surface area contributed by atoms with Crippen molar-refractivity contribution >= 4 is 23.6 Å². The number of nitrogens with one attached hydrogen (secondary N) is 2. The van der Waals surface area contributed by atoms with E-state index in [0.717, 1.165) is 12.0 Å². The molecule has 8 heteroatoms. The summed E-state index contributed by atoms with van der Waals surface area (Å²) < 4.78 is 10.4. The first-order valence-corrected chi connectivity index (χ1v) is 11.3. The maximum Gasteiger partial charge on any atom is 0.338 e. The lowest BCUT2D eigenvalue weighted by molar-refractivity contribution is -0.141. The fraction of sp³-hybridized carbons (Fsp3) is 0.346. The predicted molar refractivity (Wildman–Crippen MR) is 129 cm³/mol. The Hall–Kier alpha value is -3.65. The number of esters is 1. The summed E-state index contributed by atoms with van der Waals surface area (Å²) in [4.78, 5) is 39.6. The maximum atomic E-state index is 12.9. The molecule has 1 heterocycles. The van der Waals surface area contributed by atoms with E-state index in [2.05, 4.69) is 10.6 Å². The Morgan fingerprint density at radius 3 is 2.41 bits per heavy atom. The average molecular weight is 466 g/mol. The van der Waals surface area contributed by atoms with E-state index in [9.17, 15) is 14.4 Å². The number of hydrogen-bond donors (Lipinski definition) is 2. The average Bonchev–Trinajstić information content (AvgIpc) is 2.82. The fourth-order valence-electron chi connectivity index (χ4n) is 3.83. The molecule has 0 bridgehead atoms. The van der Waals surface area contributed by atoms with Crippen LogP contribution >= 0.6 is 0 Å². The molecule has 180 valence electrons. The summed E-state index contributed by atoms with van der Waals surface area (Å²) in [6.45, 7) is 4.62. The lowest BCUT2D eigenvalue weighted by Gasteiger charge is -2.35. The molecule has 1 aliphatic heterocycles. The molecule has 0 aromatic heterocycles. The third-order valence-corrected chi connectivity index (χ3v) is 5.52. The molecular weight excluding hydrogens is 434 g/mol. The number of ether oxygens (including phenoxy) is 2. The quantitative estimate of drug-likeness (QED) is 0.411. The Labute approximate surface area is 199 Å². The SMILES string of the molecule is CCCN1C(=O)NC(c2ccc(NC(=O)Cc3ccccc3)cc2)C(C(=O)OCCOC)=C1C. The van der Waals surface area contributed by atoms with Crippen LogP contribution in [0.2, 0.25) is 0 Å². The minimum Gasteiger partial charge on any atom is -0.460 e. The molecule has 1 unspecified atom stereocenters. The fourth-order valence-corrected chi connectivity index (χ4v) is 3.83. The first kappa shape index (κ1) is 25.0. The molecule has 8 nitrogen and oxygen atoms in total. The molecule has 2 aromatic carbocycles. The minimum atomic E-state index is -0.662. The van der Waals surface area contributed by atoms with E-state index < -0.39 is 12.0 Å². The number of amides is 3. The summed E-state index contributed by atoms with van der Waals surface area (Å²) in [6, 6.07) is 15.7. The van der Waals surface area contributed by atoms with Crippen molar-refractivity contribution in [3.8, 4) is 0 Å². The van der Waals surface area contributed by atoms with Crippen molar-refractivity contribution < 1.29 is 23.9 Å². The van der Waals surface area contributed by atoms with Gasteiger partial charge in [-0.1, -0.05) is 49.4 Å². The minimum absolute atomic E-state index is 0.118. The van der Waals surface area contributed by atoms with Crippen molar-refractivity contribution in [2.45, 2.75) is 32.7 Å². The third kappa shape index (κ3) is 6.23. The summed E-state index contributed by atoms with van der Waals surface area (Å²) in [5, 5.41) is 5.80. The monoisotopic (exact) mass is 465 g/mol. The van der Waals surface area contributed by atoms with Crippen LogP contribution in [0.3, 0.4) is 0 Å². The lowest BCUT2D eigenvalue weighted by atomic mass is 9.94. The van der Waals surface area contributed by atoms with E-state index in [0.29, 0.717) is 29.1 Å². The van der Waals surface area contributed by atoms with Gasteiger partial charge in [-0.3, -0.25) is 9.69 Å². The molecule has 0 saturated heterocycles. The van der Waals surface area contributed by atoms with Crippen molar-refractivity contribution in [1.29, 1.82) is 0 Å². The first-order chi connectivity index (χ1) is 16.4. The molecule has 1 atom stereocenters. The van der Waals surface area contributed by atoms with Crippen molar-refractivity contribution in [2.24, 2.45) is 0 Å². The summed E-state index contributed by atoms with van der Waals surface area (Å²) >= 11 is 0. The van der Waals surface area contributed by atoms with Gasteiger partial charge in [0.15, 0.2) is 0 Å². The zero-order valence-corrected chi connectivity index (χ0v) is 19.8. The van der Waals surface area contributed by atoms with Gasteiger partial charge in [-0.25, -0.2) is 9.59 Å². The van der Waals surface area contributed by atoms with Gasteiger partial charge in [0.2, 0.25) is 5.91 Å². The van der Waals surface area contributed by atoms with Crippen molar-refractivity contribution in [3.05, 3.63) is 77.0 Å². The van der Waals surface area contributed by atoms with Gasteiger partial charge in [0.1, 0.15) is 6.61 Å². The van der Waals surface area contributed by atoms with Gasteiger partial charge in [-0.2, -0.15) is 0 Å². The molecule has 3 amide bonds. The molecule has 0 spiro atoms. The first-order valence-electron chi connectivity index (χ1n) is 11.3. The highest BCUT2D eigenvalue weighted by molar-refractivity contribution is 5.95. The number of hydrogen-bond acceptors (Lipinski definition) is 5. The van der Waals surface area contributed by atoms with E-state index in [-0.39, 0.29) is 31.6 Å². The summed E-state index contributed by atoms with van der Waals surface area (Å²) in [6.07, 6.45) is 1.02. The highest BCUT2D eigenvalue weighted by atomic mass is 16.6. The van der Waals surface area contributed by atoms with Crippen LogP contribution in [-0.4, -0.2) is 49.7 Å². The summed E-state index contributed by atoms with van der Waals surface area (Å²) in [7, 11) is 1.53. The molecule has 2 N–H and O–H groups in total. The van der Waals surface area contributed by atoms with E-state index in [4.69, 9.17) is 9.47 Å². The normalized spacial score (nSPS) is 15.7. The van der Waals surface area contributed by atoms with Crippen LogP contribution in [-0.2, 0) is 25.5 Å². The highest BCUT2D eigenvalue weighted by Gasteiger charge is 2.36. The summed E-state index contributed by atoms with van der Waals surface area (Å²) in [5.41, 5.74) is 3.21. The Kier molecular flexibility index (Phi) is 8.81. The second-order valence-electron chi connectivity index (χ2n) is 7.99. The highest BCUT2D eigenvalue weighted by Crippen LogP contribution is 2.32.